The second-order valence-corrected chi connectivity index (χ2v) is 4.86. The molecule has 0 amide bonds. The van der Waals surface area contributed by atoms with Crippen molar-refractivity contribution in [3.8, 4) is 0 Å². The minimum absolute atomic E-state index is 0.570. The summed E-state index contributed by atoms with van der Waals surface area (Å²) in [5.74, 6) is 0.570. The van der Waals surface area contributed by atoms with Gasteiger partial charge >= 0.3 is 0 Å². The molecule has 1 rings (SSSR count). The molecule has 0 aliphatic rings. The minimum Gasteiger partial charge on any atom is -0.399 e. The van der Waals surface area contributed by atoms with Crippen molar-refractivity contribution in [2.45, 2.75) is 26.2 Å². The molecule has 2 N–H and O–H groups in total. The Bertz CT molecular complexity index is 324. The van der Waals surface area contributed by atoms with Gasteiger partial charge in [0.2, 0.25) is 0 Å². The van der Waals surface area contributed by atoms with Crippen LogP contribution in [0.3, 0.4) is 0 Å². The van der Waals surface area contributed by atoms with Crippen molar-refractivity contribution in [3.05, 3.63) is 29.8 Å². The normalized spacial score (nSPS) is 12.9. The number of hydrogen-bond donors (Lipinski definition) is 1. The van der Waals surface area contributed by atoms with E-state index in [9.17, 15) is 0 Å². The molecule has 0 radical (unpaired) electrons. The molecule has 0 fully saturated rings. The molecule has 18 heavy (non-hydrogen) atoms. The Hall–Kier alpha value is -1.06. The second kappa shape index (κ2) is 8.11. The number of benzene rings is 1. The number of anilines is 1. The van der Waals surface area contributed by atoms with E-state index in [4.69, 9.17) is 10.5 Å². The van der Waals surface area contributed by atoms with Gasteiger partial charge < -0.3 is 15.4 Å². The predicted octanol–water partition coefficient (Wildman–Crippen LogP) is 2.73. The smallest absolute Gasteiger partial charge is 0.0593 e. The topological polar surface area (TPSA) is 38.5 Å². The fourth-order valence-corrected chi connectivity index (χ4v) is 1.88. The number of ether oxygens (including phenoxy) is 1. The molecule has 0 bridgehead atoms. The zero-order valence-corrected chi connectivity index (χ0v) is 11.9. The summed E-state index contributed by atoms with van der Waals surface area (Å²) in [6.45, 7) is 8.02. The zero-order valence-electron chi connectivity index (χ0n) is 11.9. The first-order valence-corrected chi connectivity index (χ1v) is 6.75. The Labute approximate surface area is 111 Å². The van der Waals surface area contributed by atoms with Crippen molar-refractivity contribution in [2.24, 2.45) is 0 Å². The highest BCUT2D eigenvalue weighted by atomic mass is 16.5. The average molecular weight is 250 g/mol. The van der Waals surface area contributed by atoms with Crippen LogP contribution >= 0.6 is 0 Å². The Balaban J connectivity index is 2.27. The quantitative estimate of drug-likeness (QED) is 0.569. The van der Waals surface area contributed by atoms with Crippen LogP contribution in [0.4, 0.5) is 5.69 Å². The van der Waals surface area contributed by atoms with Gasteiger partial charge in [-0.05, 0) is 50.6 Å². The molecule has 0 heterocycles. The van der Waals surface area contributed by atoms with Crippen LogP contribution in [0.2, 0.25) is 0 Å². The van der Waals surface area contributed by atoms with E-state index in [1.54, 1.807) is 0 Å². The lowest BCUT2D eigenvalue weighted by molar-refractivity contribution is 0.121. The summed E-state index contributed by atoms with van der Waals surface area (Å²) < 4.78 is 5.35. The van der Waals surface area contributed by atoms with Crippen LogP contribution in [-0.4, -0.2) is 38.3 Å². The van der Waals surface area contributed by atoms with Crippen molar-refractivity contribution < 1.29 is 4.74 Å². The number of likely N-dealkylation sites (N-methyl/N-ethyl adjacent to an activating group) is 1. The number of nitrogens with zero attached hydrogens (tertiary/aromatic N) is 1. The van der Waals surface area contributed by atoms with E-state index in [1.807, 2.05) is 19.1 Å². The molecule has 3 nitrogen and oxygen atoms in total. The minimum atomic E-state index is 0.570. The fourth-order valence-electron chi connectivity index (χ4n) is 1.88. The number of hydrogen-bond acceptors (Lipinski definition) is 3. The van der Waals surface area contributed by atoms with E-state index in [2.05, 4.69) is 31.0 Å². The van der Waals surface area contributed by atoms with Gasteiger partial charge in [-0.3, -0.25) is 0 Å². The maximum Gasteiger partial charge on any atom is 0.0593 e. The van der Waals surface area contributed by atoms with Gasteiger partial charge in [0, 0.05) is 18.8 Å². The van der Waals surface area contributed by atoms with Gasteiger partial charge in [0.1, 0.15) is 0 Å². The highest BCUT2D eigenvalue weighted by molar-refractivity contribution is 5.40. The molecule has 0 spiro atoms. The summed E-state index contributed by atoms with van der Waals surface area (Å²) in [5, 5.41) is 0. The molecule has 1 aromatic carbocycles. The van der Waals surface area contributed by atoms with Gasteiger partial charge in [-0.1, -0.05) is 19.1 Å². The van der Waals surface area contributed by atoms with Crippen LogP contribution in [0.1, 0.15) is 31.7 Å². The standard InChI is InChI=1S/C15H26N2O/c1-4-18-12-11-17(3)10-9-13(2)14-5-7-15(16)8-6-14/h5-8,13H,4,9-12,16H2,1-3H3. The van der Waals surface area contributed by atoms with Crippen LogP contribution in [0, 0.1) is 0 Å². The molecule has 102 valence electrons. The summed E-state index contributed by atoms with van der Waals surface area (Å²) in [5.41, 5.74) is 7.89. The van der Waals surface area contributed by atoms with Gasteiger partial charge in [0.05, 0.1) is 6.61 Å². The van der Waals surface area contributed by atoms with Gasteiger partial charge in [-0.15, -0.1) is 0 Å². The highest BCUT2D eigenvalue weighted by Gasteiger charge is 2.07. The van der Waals surface area contributed by atoms with Gasteiger partial charge in [0.15, 0.2) is 0 Å². The maximum absolute atomic E-state index is 5.69. The molecule has 0 aliphatic carbocycles. The van der Waals surface area contributed by atoms with Crippen molar-refractivity contribution in [3.63, 3.8) is 0 Å². The maximum atomic E-state index is 5.69. The fraction of sp³-hybridized carbons (Fsp3) is 0.600. The third-order valence-electron chi connectivity index (χ3n) is 3.27. The van der Waals surface area contributed by atoms with E-state index in [-0.39, 0.29) is 0 Å². The first kappa shape index (κ1) is 15.0. The Morgan fingerprint density at radius 3 is 2.50 bits per heavy atom. The molecule has 0 saturated carbocycles. The van der Waals surface area contributed by atoms with Crippen molar-refractivity contribution in [1.29, 1.82) is 0 Å². The third-order valence-corrected chi connectivity index (χ3v) is 3.27. The lowest BCUT2D eigenvalue weighted by Crippen LogP contribution is -2.25. The van der Waals surface area contributed by atoms with Gasteiger partial charge in [-0.2, -0.15) is 0 Å². The van der Waals surface area contributed by atoms with E-state index < -0.39 is 0 Å². The molecule has 1 aromatic rings. The lowest BCUT2D eigenvalue weighted by Gasteiger charge is -2.19. The molecular weight excluding hydrogens is 224 g/mol. The molecule has 0 saturated heterocycles. The molecule has 0 aliphatic heterocycles. The second-order valence-electron chi connectivity index (χ2n) is 4.86. The average Bonchev–Trinajstić information content (AvgIpc) is 2.37. The summed E-state index contributed by atoms with van der Waals surface area (Å²) in [7, 11) is 2.15. The van der Waals surface area contributed by atoms with Crippen LogP contribution in [-0.2, 0) is 4.74 Å². The Morgan fingerprint density at radius 2 is 1.89 bits per heavy atom. The van der Waals surface area contributed by atoms with Gasteiger partial charge in [0.25, 0.3) is 0 Å². The van der Waals surface area contributed by atoms with Gasteiger partial charge in [-0.25, -0.2) is 0 Å². The molecule has 1 atom stereocenters. The van der Waals surface area contributed by atoms with Crippen LogP contribution in [0.5, 0.6) is 0 Å². The van der Waals surface area contributed by atoms with Crippen LogP contribution in [0.25, 0.3) is 0 Å². The van der Waals surface area contributed by atoms with E-state index in [1.165, 1.54) is 5.56 Å². The lowest BCUT2D eigenvalue weighted by atomic mass is 9.97. The monoisotopic (exact) mass is 250 g/mol. The third kappa shape index (κ3) is 5.52. The molecule has 1 unspecified atom stereocenters. The molecule has 0 aromatic heterocycles. The highest BCUT2D eigenvalue weighted by Crippen LogP contribution is 2.20. The van der Waals surface area contributed by atoms with Crippen LogP contribution in [0.15, 0.2) is 24.3 Å². The van der Waals surface area contributed by atoms with E-state index in [0.29, 0.717) is 5.92 Å². The first-order valence-electron chi connectivity index (χ1n) is 6.75. The van der Waals surface area contributed by atoms with Crippen molar-refractivity contribution in [2.75, 3.05) is 39.1 Å². The number of rotatable bonds is 8. The Morgan fingerprint density at radius 1 is 1.22 bits per heavy atom. The SMILES string of the molecule is CCOCCN(C)CCC(C)c1ccc(N)cc1. The summed E-state index contributed by atoms with van der Waals surface area (Å²) in [6, 6.07) is 8.20. The number of nitrogen functional groups attached to an aromatic ring is 1. The molecule has 3 heteroatoms. The summed E-state index contributed by atoms with van der Waals surface area (Å²) in [6.07, 6.45) is 1.16. The van der Waals surface area contributed by atoms with E-state index >= 15 is 0 Å². The van der Waals surface area contributed by atoms with Crippen LogP contribution < -0.4 is 5.73 Å². The molecular formula is C15H26N2O. The summed E-state index contributed by atoms with van der Waals surface area (Å²) in [4.78, 5) is 2.32. The van der Waals surface area contributed by atoms with Crippen molar-refractivity contribution >= 4 is 5.69 Å². The zero-order chi connectivity index (χ0) is 13.4. The van der Waals surface area contributed by atoms with Crippen molar-refractivity contribution in [1.82, 2.24) is 4.90 Å². The largest absolute Gasteiger partial charge is 0.399 e. The summed E-state index contributed by atoms with van der Waals surface area (Å²) >= 11 is 0. The predicted molar refractivity (Wildman–Crippen MR) is 77.9 cm³/mol. The van der Waals surface area contributed by atoms with E-state index in [0.717, 1.165) is 38.4 Å². The first-order chi connectivity index (χ1) is 8.63. The Kier molecular flexibility index (Phi) is 6.76. The number of nitrogens with two attached hydrogens (primary N) is 1.